The van der Waals surface area contributed by atoms with Crippen molar-refractivity contribution in [2.24, 2.45) is 5.41 Å². The number of nitrogens with zero attached hydrogens (tertiary/aromatic N) is 3. The average molecular weight is 337 g/mol. The van der Waals surface area contributed by atoms with Gasteiger partial charge in [0, 0.05) is 26.0 Å². The smallest absolute Gasteiger partial charge is 0.252 e. The third kappa shape index (κ3) is 3.78. The molecule has 1 amide bonds. The second-order valence-corrected chi connectivity index (χ2v) is 7.65. The van der Waals surface area contributed by atoms with Crippen molar-refractivity contribution in [1.82, 2.24) is 15.0 Å². The molecule has 1 aliphatic carbocycles. The lowest BCUT2D eigenvalue weighted by Crippen LogP contribution is -2.48. The summed E-state index contributed by atoms with van der Waals surface area (Å²) in [6, 6.07) is -0.315. The second kappa shape index (κ2) is 6.80. The zero-order valence-corrected chi connectivity index (χ0v) is 14.9. The van der Waals surface area contributed by atoms with Gasteiger partial charge in [0.15, 0.2) is 5.82 Å². The van der Waals surface area contributed by atoms with Crippen LogP contribution in [0.1, 0.15) is 63.7 Å². The molecule has 2 aliphatic rings. The predicted molar refractivity (Wildman–Crippen MR) is 86.4 cm³/mol. The van der Waals surface area contributed by atoms with Gasteiger partial charge in [0.2, 0.25) is 5.91 Å². The van der Waals surface area contributed by atoms with Crippen molar-refractivity contribution in [3.8, 4) is 0 Å². The van der Waals surface area contributed by atoms with E-state index in [4.69, 9.17) is 14.0 Å². The van der Waals surface area contributed by atoms with E-state index in [9.17, 15) is 4.79 Å². The summed E-state index contributed by atoms with van der Waals surface area (Å²) in [5.41, 5.74) is -0.216. The van der Waals surface area contributed by atoms with Crippen molar-refractivity contribution >= 4 is 5.91 Å². The Bertz CT molecular complexity index is 582. The summed E-state index contributed by atoms with van der Waals surface area (Å²) in [5.74, 6) is 1.74. The highest BCUT2D eigenvalue weighted by Crippen LogP contribution is 2.39. The van der Waals surface area contributed by atoms with Crippen molar-refractivity contribution in [3.63, 3.8) is 0 Å². The van der Waals surface area contributed by atoms with E-state index in [1.165, 1.54) is 0 Å². The van der Waals surface area contributed by atoms with E-state index in [2.05, 4.69) is 10.1 Å². The van der Waals surface area contributed by atoms with Crippen molar-refractivity contribution in [2.75, 3.05) is 26.9 Å². The van der Waals surface area contributed by atoms with Crippen LogP contribution in [0, 0.1) is 5.41 Å². The number of methoxy groups -OCH3 is 1. The number of amides is 1. The Labute approximate surface area is 142 Å². The quantitative estimate of drug-likeness (QED) is 0.792. The predicted octanol–water partition coefficient (Wildman–Crippen LogP) is 2.30. The molecule has 24 heavy (non-hydrogen) atoms. The minimum Gasteiger partial charge on any atom is -0.384 e. The van der Waals surface area contributed by atoms with Crippen LogP contribution in [-0.4, -0.2) is 53.9 Å². The molecule has 0 aromatic carbocycles. The molecular weight excluding hydrogens is 310 g/mol. The molecule has 1 aromatic heterocycles. The number of rotatable bonds is 6. The van der Waals surface area contributed by atoms with E-state index < -0.39 is 0 Å². The van der Waals surface area contributed by atoms with Gasteiger partial charge in [-0.15, -0.1) is 0 Å². The Morgan fingerprint density at radius 1 is 1.42 bits per heavy atom. The third-order valence-corrected chi connectivity index (χ3v) is 4.63. The van der Waals surface area contributed by atoms with E-state index in [0.717, 1.165) is 18.7 Å². The van der Waals surface area contributed by atoms with Gasteiger partial charge in [-0.05, 0) is 25.2 Å². The number of morpholine rings is 1. The van der Waals surface area contributed by atoms with Crippen LogP contribution in [0.4, 0.5) is 0 Å². The van der Waals surface area contributed by atoms with Crippen molar-refractivity contribution in [1.29, 1.82) is 0 Å². The van der Waals surface area contributed by atoms with E-state index >= 15 is 0 Å². The largest absolute Gasteiger partial charge is 0.384 e. The van der Waals surface area contributed by atoms with Gasteiger partial charge in [0.1, 0.15) is 6.04 Å². The van der Waals surface area contributed by atoms with E-state index in [1.807, 2.05) is 25.7 Å². The lowest BCUT2D eigenvalue weighted by molar-refractivity contribution is -0.150. The Morgan fingerprint density at radius 2 is 2.17 bits per heavy atom. The zero-order chi connectivity index (χ0) is 17.3. The first kappa shape index (κ1) is 17.4. The number of hydrogen-bond donors (Lipinski definition) is 0. The third-order valence-electron chi connectivity index (χ3n) is 4.63. The Hall–Kier alpha value is -1.47. The molecule has 2 fully saturated rings. The Balaban J connectivity index is 1.76. The molecule has 0 radical (unpaired) electrons. The summed E-state index contributed by atoms with van der Waals surface area (Å²) in [4.78, 5) is 19.3. The minimum atomic E-state index is -0.315. The molecule has 0 bridgehead atoms. The lowest BCUT2D eigenvalue weighted by Gasteiger charge is -2.39. The second-order valence-electron chi connectivity index (χ2n) is 7.65. The highest BCUT2D eigenvalue weighted by molar-refractivity contribution is 5.77. The monoisotopic (exact) mass is 337 g/mol. The van der Waals surface area contributed by atoms with Crippen molar-refractivity contribution in [2.45, 2.75) is 58.1 Å². The molecule has 1 aromatic rings. The van der Waals surface area contributed by atoms with Crippen LogP contribution in [0.3, 0.4) is 0 Å². The van der Waals surface area contributed by atoms with Gasteiger partial charge in [-0.25, -0.2) is 0 Å². The van der Waals surface area contributed by atoms with Gasteiger partial charge in [0.05, 0.1) is 19.3 Å². The van der Waals surface area contributed by atoms with Crippen LogP contribution in [0.5, 0.6) is 0 Å². The molecule has 0 N–H and O–H groups in total. The SMILES string of the molecule is COCC(C)(C)CC(=O)N1CCO[C@H](C)[C@H]1c1nc(C2CC2)no1. The maximum absolute atomic E-state index is 12.9. The minimum absolute atomic E-state index is 0.0726. The lowest BCUT2D eigenvalue weighted by atomic mass is 9.89. The summed E-state index contributed by atoms with van der Waals surface area (Å²) < 4.78 is 16.4. The highest BCUT2D eigenvalue weighted by Gasteiger charge is 2.40. The van der Waals surface area contributed by atoms with Crippen LogP contribution in [0.15, 0.2) is 4.52 Å². The van der Waals surface area contributed by atoms with Crippen LogP contribution in [0.25, 0.3) is 0 Å². The molecular formula is C17H27N3O4. The van der Waals surface area contributed by atoms with Gasteiger partial charge < -0.3 is 18.9 Å². The first-order chi connectivity index (χ1) is 11.4. The molecule has 7 nitrogen and oxygen atoms in total. The summed E-state index contributed by atoms with van der Waals surface area (Å²) in [5, 5.41) is 4.09. The maximum atomic E-state index is 12.9. The number of carbonyl (C=O) groups is 1. The van der Waals surface area contributed by atoms with Gasteiger partial charge in [-0.2, -0.15) is 4.98 Å². The number of carbonyl (C=O) groups excluding carboxylic acids is 1. The van der Waals surface area contributed by atoms with Crippen LogP contribution < -0.4 is 0 Å². The van der Waals surface area contributed by atoms with E-state index in [1.54, 1.807) is 7.11 Å². The summed E-state index contributed by atoms with van der Waals surface area (Å²) in [6.07, 6.45) is 2.47. The summed E-state index contributed by atoms with van der Waals surface area (Å²) in [6.45, 7) is 7.62. The molecule has 0 spiro atoms. The topological polar surface area (TPSA) is 77.7 Å². The molecule has 2 heterocycles. The molecule has 1 saturated carbocycles. The molecule has 3 rings (SSSR count). The van der Waals surface area contributed by atoms with Crippen LogP contribution in [0.2, 0.25) is 0 Å². The first-order valence-corrected chi connectivity index (χ1v) is 8.65. The van der Waals surface area contributed by atoms with Crippen molar-refractivity contribution < 1.29 is 18.8 Å². The number of hydrogen-bond acceptors (Lipinski definition) is 6. The van der Waals surface area contributed by atoms with E-state index in [-0.39, 0.29) is 23.5 Å². The molecule has 1 saturated heterocycles. The van der Waals surface area contributed by atoms with Crippen LogP contribution in [-0.2, 0) is 14.3 Å². The summed E-state index contributed by atoms with van der Waals surface area (Å²) >= 11 is 0. The average Bonchev–Trinajstić information content (AvgIpc) is 3.24. The standard InChI is InChI=1S/C17H27N3O4/c1-11-14(16-18-15(19-24-16)12-5-6-12)20(7-8-23-11)13(21)9-17(2,3)10-22-4/h11-12,14H,5-10H2,1-4H3/t11-,14+/m1/s1. The normalized spacial score (nSPS) is 25.1. The van der Waals surface area contributed by atoms with Crippen LogP contribution >= 0.6 is 0 Å². The number of ether oxygens (including phenoxy) is 2. The molecule has 134 valence electrons. The fraction of sp³-hybridized carbons (Fsp3) is 0.824. The van der Waals surface area contributed by atoms with Crippen molar-refractivity contribution in [3.05, 3.63) is 11.7 Å². The van der Waals surface area contributed by atoms with Gasteiger partial charge >= 0.3 is 0 Å². The fourth-order valence-corrected chi connectivity index (χ4v) is 3.26. The highest BCUT2D eigenvalue weighted by atomic mass is 16.5. The molecule has 7 heteroatoms. The zero-order valence-electron chi connectivity index (χ0n) is 14.9. The molecule has 2 atom stereocenters. The Kier molecular flexibility index (Phi) is 4.92. The first-order valence-electron chi connectivity index (χ1n) is 8.65. The van der Waals surface area contributed by atoms with Gasteiger partial charge in [-0.3, -0.25) is 4.79 Å². The summed E-state index contributed by atoms with van der Waals surface area (Å²) in [7, 11) is 1.66. The number of aromatic nitrogens is 2. The Morgan fingerprint density at radius 3 is 2.83 bits per heavy atom. The van der Waals surface area contributed by atoms with E-state index in [0.29, 0.717) is 38.0 Å². The molecule has 1 aliphatic heterocycles. The maximum Gasteiger partial charge on any atom is 0.252 e. The fourth-order valence-electron chi connectivity index (χ4n) is 3.26. The van der Waals surface area contributed by atoms with Gasteiger partial charge in [0.25, 0.3) is 5.89 Å². The molecule has 0 unspecified atom stereocenters. The van der Waals surface area contributed by atoms with Gasteiger partial charge in [-0.1, -0.05) is 19.0 Å².